The molecule has 1 aromatic heterocycles. The summed E-state index contributed by atoms with van der Waals surface area (Å²) in [4.78, 5) is 8.35. The highest BCUT2D eigenvalue weighted by molar-refractivity contribution is 5.57. The summed E-state index contributed by atoms with van der Waals surface area (Å²) < 4.78 is 61.8. The van der Waals surface area contributed by atoms with Crippen LogP contribution in [0.4, 0.5) is 17.6 Å². The summed E-state index contributed by atoms with van der Waals surface area (Å²) >= 11 is 0. The molecule has 3 nitrogen and oxygen atoms in total. The fourth-order valence-electron chi connectivity index (χ4n) is 3.59. The molecular formula is C26H36F4N2O. The summed E-state index contributed by atoms with van der Waals surface area (Å²) in [7, 11) is 0. The zero-order valence-corrected chi connectivity index (χ0v) is 19.8. The SMILES string of the molecule is CCCCCCCCc1cnc(-c2ccc(OC[C@H](F)[C@@H](F)CCCCC)c(F)c2F)nc1. The Kier molecular flexibility index (Phi) is 12.2. The van der Waals surface area contributed by atoms with Crippen molar-refractivity contribution in [2.45, 2.75) is 96.8 Å². The van der Waals surface area contributed by atoms with E-state index < -0.39 is 36.3 Å². The largest absolute Gasteiger partial charge is 0.487 e. The van der Waals surface area contributed by atoms with Crippen molar-refractivity contribution in [3.05, 3.63) is 41.7 Å². The third-order valence-electron chi connectivity index (χ3n) is 5.69. The molecule has 0 spiro atoms. The van der Waals surface area contributed by atoms with Crippen LogP contribution in [-0.4, -0.2) is 28.9 Å². The maximum absolute atomic E-state index is 14.6. The normalized spacial score (nSPS) is 13.2. The molecule has 2 rings (SSSR count). The molecule has 0 radical (unpaired) electrons. The zero-order valence-electron chi connectivity index (χ0n) is 19.8. The summed E-state index contributed by atoms with van der Waals surface area (Å²) in [6, 6.07) is 2.48. The van der Waals surface area contributed by atoms with Gasteiger partial charge in [-0.25, -0.2) is 23.1 Å². The number of alkyl halides is 2. The van der Waals surface area contributed by atoms with E-state index in [2.05, 4.69) is 16.9 Å². The van der Waals surface area contributed by atoms with Gasteiger partial charge in [0.05, 0.1) is 5.56 Å². The Labute approximate surface area is 195 Å². The lowest BCUT2D eigenvalue weighted by Crippen LogP contribution is -2.25. The lowest BCUT2D eigenvalue weighted by molar-refractivity contribution is 0.0993. The van der Waals surface area contributed by atoms with Gasteiger partial charge in [0.1, 0.15) is 12.8 Å². The predicted molar refractivity (Wildman–Crippen MR) is 124 cm³/mol. The van der Waals surface area contributed by atoms with Gasteiger partial charge in [0.2, 0.25) is 5.82 Å². The summed E-state index contributed by atoms with van der Waals surface area (Å²) in [5.74, 6) is -2.83. The molecule has 0 aliphatic rings. The van der Waals surface area contributed by atoms with Crippen molar-refractivity contribution >= 4 is 0 Å². The van der Waals surface area contributed by atoms with Crippen LogP contribution in [-0.2, 0) is 6.42 Å². The van der Waals surface area contributed by atoms with Crippen LogP contribution in [0, 0.1) is 11.6 Å². The van der Waals surface area contributed by atoms with E-state index in [9.17, 15) is 17.6 Å². The second kappa shape index (κ2) is 14.9. The second-order valence-corrected chi connectivity index (χ2v) is 8.51. The molecule has 1 heterocycles. The number of aryl methyl sites for hydroxylation is 1. The molecule has 1 aromatic carbocycles. The number of hydrogen-bond donors (Lipinski definition) is 0. The van der Waals surface area contributed by atoms with Crippen LogP contribution < -0.4 is 4.74 Å². The first-order valence-corrected chi connectivity index (χ1v) is 12.2. The molecule has 184 valence electrons. The first-order valence-electron chi connectivity index (χ1n) is 12.2. The molecular weight excluding hydrogens is 432 g/mol. The number of halogens is 4. The summed E-state index contributed by atoms with van der Waals surface area (Å²) in [5, 5.41) is 0. The van der Waals surface area contributed by atoms with E-state index in [0.717, 1.165) is 37.7 Å². The van der Waals surface area contributed by atoms with Crippen molar-refractivity contribution in [2.24, 2.45) is 0 Å². The monoisotopic (exact) mass is 468 g/mol. The number of benzene rings is 1. The molecule has 0 fully saturated rings. The van der Waals surface area contributed by atoms with Crippen molar-refractivity contribution in [2.75, 3.05) is 6.61 Å². The Hall–Kier alpha value is -2.18. The topological polar surface area (TPSA) is 35.0 Å². The van der Waals surface area contributed by atoms with Crippen LogP contribution in [0.15, 0.2) is 24.5 Å². The molecule has 7 heteroatoms. The van der Waals surface area contributed by atoms with E-state index >= 15 is 0 Å². The number of rotatable bonds is 16. The van der Waals surface area contributed by atoms with Crippen molar-refractivity contribution in [1.82, 2.24) is 9.97 Å². The highest BCUT2D eigenvalue weighted by Gasteiger charge is 2.23. The average Bonchev–Trinajstić information content (AvgIpc) is 2.82. The van der Waals surface area contributed by atoms with Gasteiger partial charge in [0.25, 0.3) is 0 Å². The maximum atomic E-state index is 14.6. The fourth-order valence-corrected chi connectivity index (χ4v) is 3.59. The second-order valence-electron chi connectivity index (χ2n) is 8.51. The lowest BCUT2D eigenvalue weighted by atomic mass is 10.1. The van der Waals surface area contributed by atoms with Crippen molar-refractivity contribution in [1.29, 1.82) is 0 Å². The van der Waals surface area contributed by atoms with E-state index in [4.69, 9.17) is 4.74 Å². The standard InChI is InChI=1S/C26H36F4N2O/c1-3-5-7-8-9-11-12-19-16-31-26(32-17-19)20-14-15-23(25(30)24(20)29)33-18-22(28)21(27)13-10-6-4-2/h14-17,21-22H,3-13,18H2,1-2H3/t21-,22-/m0/s1. The molecule has 0 N–H and O–H groups in total. The van der Waals surface area contributed by atoms with Crippen molar-refractivity contribution in [3.63, 3.8) is 0 Å². The molecule has 0 saturated heterocycles. The molecule has 0 amide bonds. The maximum Gasteiger partial charge on any atom is 0.201 e. The van der Waals surface area contributed by atoms with E-state index in [1.54, 1.807) is 12.4 Å². The van der Waals surface area contributed by atoms with Gasteiger partial charge in [-0.1, -0.05) is 65.2 Å². The average molecular weight is 469 g/mol. The van der Waals surface area contributed by atoms with Crippen LogP contribution in [0.5, 0.6) is 5.75 Å². The van der Waals surface area contributed by atoms with Gasteiger partial charge in [0.15, 0.2) is 23.6 Å². The van der Waals surface area contributed by atoms with Gasteiger partial charge in [-0.05, 0) is 37.0 Å². The molecule has 0 bridgehead atoms. The highest BCUT2D eigenvalue weighted by Crippen LogP contribution is 2.28. The van der Waals surface area contributed by atoms with Gasteiger partial charge in [-0.3, -0.25) is 0 Å². The van der Waals surface area contributed by atoms with E-state index in [1.165, 1.54) is 37.8 Å². The Balaban J connectivity index is 1.91. The molecule has 33 heavy (non-hydrogen) atoms. The molecule has 0 aliphatic carbocycles. The van der Waals surface area contributed by atoms with Gasteiger partial charge >= 0.3 is 0 Å². The Morgan fingerprint density at radius 1 is 0.788 bits per heavy atom. The van der Waals surface area contributed by atoms with Crippen molar-refractivity contribution < 1.29 is 22.3 Å². The molecule has 2 aromatic rings. The Morgan fingerprint density at radius 3 is 2.12 bits per heavy atom. The third kappa shape index (κ3) is 8.94. The third-order valence-corrected chi connectivity index (χ3v) is 5.69. The minimum absolute atomic E-state index is 0.0627. The van der Waals surface area contributed by atoms with Crippen LogP contribution >= 0.6 is 0 Å². The highest BCUT2D eigenvalue weighted by atomic mass is 19.2. The van der Waals surface area contributed by atoms with E-state index in [1.807, 2.05) is 6.92 Å². The van der Waals surface area contributed by atoms with Gasteiger partial charge in [-0.2, -0.15) is 4.39 Å². The van der Waals surface area contributed by atoms with Gasteiger partial charge in [0, 0.05) is 12.4 Å². The first kappa shape index (κ1) is 27.1. The molecule has 2 atom stereocenters. The van der Waals surface area contributed by atoms with E-state index in [-0.39, 0.29) is 17.8 Å². The van der Waals surface area contributed by atoms with Crippen LogP contribution in [0.25, 0.3) is 11.4 Å². The molecule has 0 saturated carbocycles. The summed E-state index contributed by atoms with van der Waals surface area (Å²) in [6.45, 7) is 3.48. The summed E-state index contributed by atoms with van der Waals surface area (Å²) in [5.41, 5.74) is 0.842. The number of nitrogens with zero attached hydrogens (tertiary/aromatic N) is 2. The number of ether oxygens (including phenoxy) is 1. The minimum Gasteiger partial charge on any atom is -0.487 e. The van der Waals surface area contributed by atoms with Gasteiger partial charge < -0.3 is 4.74 Å². The first-order chi connectivity index (χ1) is 16.0. The minimum atomic E-state index is -1.90. The van der Waals surface area contributed by atoms with Crippen LogP contribution in [0.1, 0.15) is 83.6 Å². The predicted octanol–water partition coefficient (Wildman–Crippen LogP) is 7.96. The quantitative estimate of drug-likeness (QED) is 0.185. The number of aromatic nitrogens is 2. The Bertz CT molecular complexity index is 817. The Morgan fingerprint density at radius 2 is 1.42 bits per heavy atom. The molecule has 0 unspecified atom stereocenters. The van der Waals surface area contributed by atoms with Crippen molar-refractivity contribution in [3.8, 4) is 17.1 Å². The van der Waals surface area contributed by atoms with Crippen LogP contribution in [0.3, 0.4) is 0 Å². The zero-order chi connectivity index (χ0) is 24.1. The summed E-state index contributed by atoms with van der Waals surface area (Å²) in [6.07, 6.45) is 10.0. The van der Waals surface area contributed by atoms with E-state index in [0.29, 0.717) is 6.42 Å². The molecule has 0 aliphatic heterocycles. The van der Waals surface area contributed by atoms with Crippen LogP contribution in [0.2, 0.25) is 0 Å². The fraction of sp³-hybridized carbons (Fsp3) is 0.615. The van der Waals surface area contributed by atoms with Gasteiger partial charge in [-0.15, -0.1) is 0 Å². The smallest absolute Gasteiger partial charge is 0.201 e. The number of unbranched alkanes of at least 4 members (excludes halogenated alkanes) is 7. The number of hydrogen-bond acceptors (Lipinski definition) is 3. The lowest BCUT2D eigenvalue weighted by Gasteiger charge is -2.15.